The first kappa shape index (κ1) is 17.9. The third-order valence-corrected chi connectivity index (χ3v) is 4.19. The van der Waals surface area contributed by atoms with Gasteiger partial charge in [0.2, 0.25) is 9.76 Å². The summed E-state index contributed by atoms with van der Waals surface area (Å²) in [5.41, 5.74) is 0.253. The molecule has 0 bridgehead atoms. The normalized spacial score (nSPS) is 12.0. The first-order valence-electron chi connectivity index (χ1n) is 7.15. The van der Waals surface area contributed by atoms with Crippen molar-refractivity contribution in [1.29, 1.82) is 0 Å². The maximum absolute atomic E-state index is 11.6. The monoisotopic (exact) mass is 286 g/mol. The van der Waals surface area contributed by atoms with E-state index in [9.17, 15) is 9.59 Å². The summed E-state index contributed by atoms with van der Waals surface area (Å²) >= 11 is 0. The molecule has 0 amide bonds. The van der Waals surface area contributed by atoms with Crippen molar-refractivity contribution in [2.75, 3.05) is 0 Å². The van der Waals surface area contributed by atoms with Gasteiger partial charge < -0.3 is 9.53 Å². The molecule has 0 unspecified atom stereocenters. The highest BCUT2D eigenvalue weighted by atomic mass is 28.2. The summed E-state index contributed by atoms with van der Waals surface area (Å²) in [5, 5.41) is 8.64. The van der Waals surface area contributed by atoms with Crippen molar-refractivity contribution in [3.05, 3.63) is 11.6 Å². The van der Waals surface area contributed by atoms with E-state index in [1.54, 1.807) is 6.92 Å². The lowest BCUT2D eigenvalue weighted by molar-refractivity contribution is -0.138. The summed E-state index contributed by atoms with van der Waals surface area (Å²) in [5.74, 6) is -1.44. The Balaban J connectivity index is 3.60. The molecular formula is C14H26O4Si. The smallest absolute Gasteiger partial charge is 0.320 e. The molecule has 0 radical (unpaired) electrons. The fraction of sp³-hybridized carbons (Fsp3) is 0.714. The molecule has 0 saturated heterocycles. The molecule has 0 fully saturated rings. The van der Waals surface area contributed by atoms with Crippen LogP contribution in [0.3, 0.4) is 0 Å². The largest absolute Gasteiger partial charge is 0.522 e. The van der Waals surface area contributed by atoms with Crippen molar-refractivity contribution in [3.63, 3.8) is 0 Å². The molecule has 0 aliphatic carbocycles. The summed E-state index contributed by atoms with van der Waals surface area (Å²) in [6.45, 7) is 3.86. The van der Waals surface area contributed by atoms with Crippen LogP contribution in [0.1, 0.15) is 58.8 Å². The fourth-order valence-corrected chi connectivity index (χ4v) is 2.84. The number of rotatable bonds is 11. The molecule has 0 aromatic carbocycles. The summed E-state index contributed by atoms with van der Waals surface area (Å²) in [7, 11) is -0.845. The van der Waals surface area contributed by atoms with Crippen molar-refractivity contribution in [2.24, 2.45) is 0 Å². The highest BCUT2D eigenvalue weighted by molar-refractivity contribution is 6.31. The van der Waals surface area contributed by atoms with Crippen LogP contribution >= 0.6 is 0 Å². The molecule has 5 heteroatoms. The van der Waals surface area contributed by atoms with Crippen molar-refractivity contribution in [1.82, 2.24) is 0 Å². The Bertz CT molecular complexity index is 300. The van der Waals surface area contributed by atoms with Gasteiger partial charge in [-0.3, -0.25) is 4.79 Å². The molecule has 0 aliphatic heterocycles. The summed E-state index contributed by atoms with van der Waals surface area (Å²) in [4.78, 5) is 22.1. The van der Waals surface area contributed by atoms with Crippen LogP contribution in [-0.2, 0) is 14.0 Å². The maximum Gasteiger partial charge on any atom is 0.320 e. The molecular weight excluding hydrogens is 260 g/mol. The van der Waals surface area contributed by atoms with Crippen molar-refractivity contribution < 1.29 is 19.1 Å². The average molecular weight is 286 g/mol. The predicted molar refractivity (Wildman–Crippen MR) is 78.8 cm³/mol. The topological polar surface area (TPSA) is 63.6 Å². The molecule has 110 valence electrons. The second-order valence-electron chi connectivity index (χ2n) is 4.64. The van der Waals surface area contributed by atoms with Gasteiger partial charge in [0.1, 0.15) is 0 Å². The van der Waals surface area contributed by atoms with Crippen LogP contribution in [0.5, 0.6) is 0 Å². The van der Waals surface area contributed by atoms with E-state index in [1.165, 1.54) is 38.2 Å². The van der Waals surface area contributed by atoms with Gasteiger partial charge in [0, 0.05) is 5.57 Å². The lowest BCUT2D eigenvalue weighted by atomic mass is 10.1. The molecule has 19 heavy (non-hydrogen) atoms. The minimum Gasteiger partial charge on any atom is -0.522 e. The van der Waals surface area contributed by atoms with Crippen LogP contribution in [0, 0.1) is 0 Å². The fourth-order valence-electron chi connectivity index (χ4n) is 1.77. The van der Waals surface area contributed by atoms with Gasteiger partial charge >= 0.3 is 11.9 Å². The minimum absolute atomic E-state index is 0.249. The minimum atomic E-state index is -0.998. The number of carbonyl (C=O) groups is 2. The van der Waals surface area contributed by atoms with Gasteiger partial charge in [-0.1, -0.05) is 51.5 Å². The molecule has 0 aromatic rings. The highest BCUT2D eigenvalue weighted by Gasteiger charge is 2.13. The van der Waals surface area contributed by atoms with Gasteiger partial charge in [-0.05, 0) is 13.0 Å². The van der Waals surface area contributed by atoms with E-state index in [-0.39, 0.29) is 12.0 Å². The van der Waals surface area contributed by atoms with Crippen LogP contribution in [-0.4, -0.2) is 26.8 Å². The first-order chi connectivity index (χ1) is 9.11. The molecule has 1 N–H and O–H groups in total. The lowest BCUT2D eigenvalue weighted by Gasteiger charge is -2.06. The van der Waals surface area contributed by atoms with E-state index in [2.05, 4.69) is 6.92 Å². The zero-order valence-corrected chi connectivity index (χ0v) is 13.5. The van der Waals surface area contributed by atoms with Crippen LogP contribution in [0.4, 0.5) is 0 Å². The van der Waals surface area contributed by atoms with E-state index >= 15 is 0 Å². The van der Waals surface area contributed by atoms with Crippen LogP contribution < -0.4 is 0 Å². The Hall–Kier alpha value is -1.10. The number of unbranched alkanes of at least 4 members (excludes halogenated alkanes) is 5. The predicted octanol–water partition coefficient (Wildman–Crippen LogP) is 2.81. The highest BCUT2D eigenvalue weighted by Crippen LogP contribution is 2.08. The number of hydrogen-bond donors (Lipinski definition) is 1. The molecule has 0 aromatic heterocycles. The Kier molecular flexibility index (Phi) is 11.3. The van der Waals surface area contributed by atoms with Crippen LogP contribution in [0.2, 0.25) is 6.04 Å². The SMILES string of the molecule is CC=C(CC(=O)O)C(=O)O[SiH2]CCCCCCCC. The second kappa shape index (κ2) is 12.0. The second-order valence-corrected chi connectivity index (χ2v) is 6.05. The average Bonchev–Trinajstić information content (AvgIpc) is 2.38. The Morgan fingerprint density at radius 2 is 1.79 bits per heavy atom. The summed E-state index contributed by atoms with van der Waals surface area (Å²) in [6.07, 6.45) is 8.70. The number of carboxylic acids is 1. The summed E-state index contributed by atoms with van der Waals surface area (Å²) in [6, 6.07) is 0.988. The van der Waals surface area contributed by atoms with Gasteiger partial charge in [-0.15, -0.1) is 0 Å². The molecule has 0 atom stereocenters. The molecule has 0 aliphatic rings. The maximum atomic E-state index is 11.6. The van der Waals surface area contributed by atoms with Crippen LogP contribution in [0.25, 0.3) is 0 Å². The Morgan fingerprint density at radius 3 is 2.37 bits per heavy atom. The van der Waals surface area contributed by atoms with Gasteiger partial charge in [0.25, 0.3) is 0 Å². The van der Waals surface area contributed by atoms with E-state index in [0.717, 1.165) is 12.5 Å². The molecule has 0 saturated carbocycles. The quantitative estimate of drug-likeness (QED) is 0.360. The Labute approximate surface area is 118 Å². The van der Waals surface area contributed by atoms with Gasteiger partial charge in [-0.25, -0.2) is 4.79 Å². The van der Waals surface area contributed by atoms with E-state index in [4.69, 9.17) is 9.53 Å². The molecule has 4 nitrogen and oxygen atoms in total. The standard InChI is InChI=1S/C14H26O4Si/c1-3-5-6-7-8-9-10-19-18-14(17)12(4-2)11-13(15)16/h4H,3,5-11,19H2,1-2H3,(H,15,16). The van der Waals surface area contributed by atoms with Gasteiger partial charge in [0.05, 0.1) is 6.42 Å². The van der Waals surface area contributed by atoms with Crippen LogP contribution in [0.15, 0.2) is 11.6 Å². The number of carbonyl (C=O) groups excluding carboxylic acids is 1. The van der Waals surface area contributed by atoms with Crippen molar-refractivity contribution in [3.8, 4) is 0 Å². The zero-order valence-electron chi connectivity index (χ0n) is 12.1. The van der Waals surface area contributed by atoms with E-state index < -0.39 is 21.7 Å². The van der Waals surface area contributed by atoms with E-state index in [0.29, 0.717) is 0 Å². The van der Waals surface area contributed by atoms with Crippen molar-refractivity contribution in [2.45, 2.75) is 64.8 Å². The molecule has 0 spiro atoms. The lowest BCUT2D eigenvalue weighted by Crippen LogP contribution is -2.13. The molecule has 0 rings (SSSR count). The van der Waals surface area contributed by atoms with Gasteiger partial charge in [0.15, 0.2) is 0 Å². The number of carboxylic acid groups (broad SMARTS) is 1. The Morgan fingerprint density at radius 1 is 1.16 bits per heavy atom. The zero-order chi connectivity index (χ0) is 14.5. The first-order valence-corrected chi connectivity index (χ1v) is 8.73. The number of aliphatic carboxylic acids is 1. The number of allylic oxidation sites excluding steroid dienone is 1. The van der Waals surface area contributed by atoms with Gasteiger partial charge in [-0.2, -0.15) is 0 Å². The summed E-state index contributed by atoms with van der Waals surface area (Å²) < 4.78 is 5.19. The molecule has 0 heterocycles. The van der Waals surface area contributed by atoms with E-state index in [1.807, 2.05) is 0 Å². The third-order valence-electron chi connectivity index (χ3n) is 2.93. The third kappa shape index (κ3) is 10.5. The number of hydrogen-bond acceptors (Lipinski definition) is 3. The van der Waals surface area contributed by atoms with Crippen molar-refractivity contribution >= 4 is 21.7 Å².